The number of nitrogens with zero attached hydrogens (tertiary/aromatic N) is 3. The molecule has 0 saturated carbocycles. The maximum Gasteiger partial charge on any atom is 0.124 e. The van der Waals surface area contributed by atoms with Gasteiger partial charge in [0.05, 0.1) is 32.0 Å². The van der Waals surface area contributed by atoms with Crippen LogP contribution in [0.25, 0.3) is 31.0 Å². The fourth-order valence-electron chi connectivity index (χ4n) is 5.26. The highest BCUT2D eigenvalue weighted by Gasteiger charge is 2.27. The second-order valence-corrected chi connectivity index (χ2v) is 10.7. The van der Waals surface area contributed by atoms with E-state index in [0.29, 0.717) is 6.04 Å². The number of aryl methyl sites for hydroxylation is 3. The van der Waals surface area contributed by atoms with Crippen molar-refractivity contribution in [2.45, 2.75) is 39.7 Å². The van der Waals surface area contributed by atoms with Crippen molar-refractivity contribution in [1.82, 2.24) is 9.97 Å². The zero-order valence-electron chi connectivity index (χ0n) is 18.8. The Morgan fingerprint density at radius 3 is 2.75 bits per heavy atom. The van der Waals surface area contributed by atoms with E-state index in [-0.39, 0.29) is 0 Å². The fraction of sp³-hybridized carbons (Fsp3) is 0.259. The number of rotatable bonds is 2. The SMILES string of the molecule is Cc1cccc2c1CCC(c1ccc3sc(-c4ccc5ncsc5c4C)nc3c1C)N2C. The van der Waals surface area contributed by atoms with Crippen LogP contribution in [0.2, 0.25) is 0 Å². The molecule has 5 heteroatoms. The second-order valence-electron chi connectivity index (χ2n) is 8.82. The Morgan fingerprint density at radius 2 is 1.88 bits per heavy atom. The number of benzene rings is 3. The van der Waals surface area contributed by atoms with Crippen LogP contribution in [0.1, 0.15) is 40.3 Å². The van der Waals surface area contributed by atoms with Gasteiger partial charge in [-0.15, -0.1) is 22.7 Å². The standard InChI is InChI=1S/C27H25N3S2/c1-15-6-5-7-22-18(15)9-12-23(30(22)4)19-10-13-24-25(16(19)2)29-27(32-24)20-8-11-21-26(17(20)3)31-14-28-21/h5-8,10-11,13-14,23H,9,12H2,1-4H3. The molecule has 160 valence electrons. The molecule has 1 unspecified atom stereocenters. The molecule has 2 aromatic heterocycles. The summed E-state index contributed by atoms with van der Waals surface area (Å²) in [5.74, 6) is 0. The molecule has 1 atom stereocenters. The molecule has 1 aliphatic heterocycles. The minimum absolute atomic E-state index is 0.383. The Bertz CT molecular complexity index is 1490. The monoisotopic (exact) mass is 455 g/mol. The lowest BCUT2D eigenvalue weighted by molar-refractivity contribution is 0.580. The summed E-state index contributed by atoms with van der Waals surface area (Å²) in [5.41, 5.74) is 13.6. The summed E-state index contributed by atoms with van der Waals surface area (Å²) in [4.78, 5) is 12.1. The van der Waals surface area contributed by atoms with E-state index >= 15 is 0 Å². The van der Waals surface area contributed by atoms with E-state index in [1.54, 1.807) is 22.7 Å². The predicted molar refractivity (Wildman–Crippen MR) is 138 cm³/mol. The molecule has 0 bridgehead atoms. The van der Waals surface area contributed by atoms with Crippen LogP contribution in [-0.2, 0) is 6.42 Å². The van der Waals surface area contributed by atoms with Gasteiger partial charge in [0.1, 0.15) is 5.01 Å². The van der Waals surface area contributed by atoms with Gasteiger partial charge in [-0.1, -0.05) is 18.2 Å². The summed E-state index contributed by atoms with van der Waals surface area (Å²) >= 11 is 3.51. The number of anilines is 1. The molecule has 0 amide bonds. The average Bonchev–Trinajstić information content (AvgIpc) is 3.44. The van der Waals surface area contributed by atoms with Crippen molar-refractivity contribution in [3.05, 3.63) is 75.8 Å². The van der Waals surface area contributed by atoms with Crippen LogP contribution in [0.15, 0.2) is 48.0 Å². The van der Waals surface area contributed by atoms with Crippen LogP contribution in [0, 0.1) is 20.8 Å². The van der Waals surface area contributed by atoms with E-state index in [2.05, 4.69) is 80.2 Å². The lowest BCUT2D eigenvalue weighted by atomic mass is 9.88. The van der Waals surface area contributed by atoms with E-state index in [9.17, 15) is 0 Å². The normalized spacial score (nSPS) is 16.1. The highest BCUT2D eigenvalue weighted by molar-refractivity contribution is 7.21. The van der Waals surface area contributed by atoms with Gasteiger partial charge < -0.3 is 4.90 Å². The van der Waals surface area contributed by atoms with Gasteiger partial charge >= 0.3 is 0 Å². The lowest BCUT2D eigenvalue weighted by Gasteiger charge is -2.37. The number of hydrogen-bond donors (Lipinski definition) is 0. The first-order valence-corrected chi connectivity index (χ1v) is 12.8. The third-order valence-corrected chi connectivity index (χ3v) is 9.11. The van der Waals surface area contributed by atoms with Crippen molar-refractivity contribution in [2.75, 3.05) is 11.9 Å². The summed E-state index contributed by atoms with van der Waals surface area (Å²) in [5, 5.41) is 1.10. The summed E-state index contributed by atoms with van der Waals surface area (Å²) in [6.45, 7) is 6.67. The number of fused-ring (bicyclic) bond motifs is 3. The summed E-state index contributed by atoms with van der Waals surface area (Å²) in [6.07, 6.45) is 2.27. The van der Waals surface area contributed by atoms with E-state index in [1.165, 1.54) is 48.5 Å². The summed E-state index contributed by atoms with van der Waals surface area (Å²) in [6, 6.07) is 16.0. The van der Waals surface area contributed by atoms with E-state index in [0.717, 1.165) is 28.9 Å². The molecule has 0 radical (unpaired) electrons. The minimum Gasteiger partial charge on any atom is -0.367 e. The van der Waals surface area contributed by atoms with Crippen LogP contribution in [-0.4, -0.2) is 17.0 Å². The Labute approximate surface area is 196 Å². The second kappa shape index (κ2) is 7.39. The van der Waals surface area contributed by atoms with E-state index in [1.807, 2.05) is 5.51 Å². The van der Waals surface area contributed by atoms with Crippen LogP contribution >= 0.6 is 22.7 Å². The van der Waals surface area contributed by atoms with Gasteiger partial charge in [0.25, 0.3) is 0 Å². The van der Waals surface area contributed by atoms with Crippen LogP contribution in [0.3, 0.4) is 0 Å². The van der Waals surface area contributed by atoms with Gasteiger partial charge in [-0.3, -0.25) is 0 Å². The summed E-state index contributed by atoms with van der Waals surface area (Å²) < 4.78 is 2.52. The van der Waals surface area contributed by atoms with Crippen LogP contribution in [0.4, 0.5) is 5.69 Å². The first-order chi connectivity index (χ1) is 15.5. The topological polar surface area (TPSA) is 29.0 Å². The van der Waals surface area contributed by atoms with Crippen molar-refractivity contribution >= 4 is 48.8 Å². The quantitative estimate of drug-likeness (QED) is 0.274. The molecule has 0 fully saturated rings. The Balaban J connectivity index is 1.44. The molecular weight excluding hydrogens is 430 g/mol. The lowest BCUT2D eigenvalue weighted by Crippen LogP contribution is -2.30. The molecule has 6 rings (SSSR count). The average molecular weight is 456 g/mol. The molecule has 1 aliphatic rings. The number of hydrogen-bond acceptors (Lipinski definition) is 5. The Morgan fingerprint density at radius 1 is 1.00 bits per heavy atom. The van der Waals surface area contributed by atoms with Crippen molar-refractivity contribution in [3.8, 4) is 10.6 Å². The zero-order chi connectivity index (χ0) is 22.0. The zero-order valence-corrected chi connectivity index (χ0v) is 20.4. The summed E-state index contributed by atoms with van der Waals surface area (Å²) in [7, 11) is 2.24. The van der Waals surface area contributed by atoms with Crippen molar-refractivity contribution in [2.24, 2.45) is 0 Å². The van der Waals surface area contributed by atoms with Gasteiger partial charge in [-0.2, -0.15) is 0 Å². The van der Waals surface area contributed by atoms with Gasteiger partial charge in [0.15, 0.2) is 0 Å². The largest absolute Gasteiger partial charge is 0.367 e. The molecule has 3 aromatic carbocycles. The van der Waals surface area contributed by atoms with Gasteiger partial charge in [-0.05, 0) is 85.7 Å². The fourth-order valence-corrected chi connectivity index (χ4v) is 7.17. The molecule has 0 N–H and O–H groups in total. The smallest absolute Gasteiger partial charge is 0.124 e. The van der Waals surface area contributed by atoms with Gasteiger partial charge in [-0.25, -0.2) is 9.97 Å². The maximum absolute atomic E-state index is 5.16. The van der Waals surface area contributed by atoms with E-state index < -0.39 is 0 Å². The Hall–Kier alpha value is -2.76. The van der Waals surface area contributed by atoms with Crippen molar-refractivity contribution < 1.29 is 0 Å². The van der Waals surface area contributed by atoms with Gasteiger partial charge in [0, 0.05) is 18.3 Å². The molecular formula is C27H25N3S2. The van der Waals surface area contributed by atoms with Gasteiger partial charge in [0.2, 0.25) is 0 Å². The first-order valence-electron chi connectivity index (χ1n) is 11.1. The number of thiazole rings is 2. The first kappa shape index (κ1) is 19.9. The van der Waals surface area contributed by atoms with Crippen LogP contribution in [0.5, 0.6) is 0 Å². The van der Waals surface area contributed by atoms with Crippen molar-refractivity contribution in [3.63, 3.8) is 0 Å². The molecule has 5 aromatic rings. The third kappa shape index (κ3) is 2.91. The maximum atomic E-state index is 5.16. The molecule has 3 heterocycles. The highest BCUT2D eigenvalue weighted by atomic mass is 32.1. The minimum atomic E-state index is 0.383. The molecule has 0 aliphatic carbocycles. The Kier molecular flexibility index (Phi) is 4.60. The predicted octanol–water partition coefficient (Wildman–Crippen LogP) is 7.62. The third-order valence-electron chi connectivity index (χ3n) is 7.09. The van der Waals surface area contributed by atoms with Crippen molar-refractivity contribution in [1.29, 1.82) is 0 Å². The van der Waals surface area contributed by atoms with E-state index in [4.69, 9.17) is 4.98 Å². The highest BCUT2D eigenvalue weighted by Crippen LogP contribution is 2.42. The molecule has 0 saturated heterocycles. The molecule has 0 spiro atoms. The van der Waals surface area contributed by atoms with Crippen LogP contribution < -0.4 is 4.90 Å². The molecule has 32 heavy (non-hydrogen) atoms. The molecule has 3 nitrogen and oxygen atoms in total. The number of aromatic nitrogens is 2.